The number of rotatable bonds is 5. The summed E-state index contributed by atoms with van der Waals surface area (Å²) in [4.78, 5) is 16.2. The Balaban J connectivity index is 1.81. The van der Waals surface area contributed by atoms with Crippen LogP contribution in [0.25, 0.3) is 5.65 Å². The first-order chi connectivity index (χ1) is 11.1. The van der Waals surface area contributed by atoms with Crippen molar-refractivity contribution in [2.45, 2.75) is 25.9 Å². The minimum Gasteiger partial charge on any atom is -0.304 e. The third-order valence-corrected chi connectivity index (χ3v) is 3.71. The van der Waals surface area contributed by atoms with E-state index in [0.29, 0.717) is 17.8 Å². The molecule has 0 saturated carbocycles. The Bertz CT molecular complexity index is 887. The maximum Gasteiger partial charge on any atom is 0.272 e. The first-order valence-electron chi connectivity index (χ1n) is 7.33. The number of aromatic nitrogens is 3. The van der Waals surface area contributed by atoms with Crippen molar-refractivity contribution < 1.29 is 8.78 Å². The Hall–Kier alpha value is -2.54. The fourth-order valence-corrected chi connectivity index (χ4v) is 2.55. The normalized spacial score (nSPS) is 12.7. The van der Waals surface area contributed by atoms with E-state index in [0.717, 1.165) is 12.1 Å². The van der Waals surface area contributed by atoms with E-state index in [9.17, 15) is 13.6 Å². The summed E-state index contributed by atoms with van der Waals surface area (Å²) in [7, 11) is 0. The minimum absolute atomic E-state index is 0.221. The lowest BCUT2D eigenvalue weighted by atomic mass is 10.0. The monoisotopic (exact) mass is 318 g/mol. The average molecular weight is 318 g/mol. The van der Waals surface area contributed by atoms with Crippen molar-refractivity contribution in [1.29, 1.82) is 0 Å². The van der Waals surface area contributed by atoms with Crippen molar-refractivity contribution in [3.05, 3.63) is 69.8 Å². The molecule has 0 fully saturated rings. The molecule has 1 atom stereocenters. The first-order valence-corrected chi connectivity index (χ1v) is 7.33. The molecule has 7 heteroatoms. The molecule has 3 aromatic rings. The minimum atomic E-state index is -0.480. The summed E-state index contributed by atoms with van der Waals surface area (Å²) in [5, 5.41) is 5.89. The molecule has 120 valence electrons. The van der Waals surface area contributed by atoms with Crippen LogP contribution in [0.5, 0.6) is 0 Å². The van der Waals surface area contributed by atoms with Gasteiger partial charge in [0, 0.05) is 36.5 Å². The maximum atomic E-state index is 13.9. The molecule has 0 aliphatic carbocycles. The molecule has 0 radical (unpaired) electrons. The van der Waals surface area contributed by atoms with Crippen molar-refractivity contribution in [3.8, 4) is 0 Å². The van der Waals surface area contributed by atoms with Gasteiger partial charge in [-0.1, -0.05) is 6.92 Å². The van der Waals surface area contributed by atoms with Crippen LogP contribution in [0.4, 0.5) is 8.78 Å². The summed E-state index contributed by atoms with van der Waals surface area (Å²) in [5.74, 6) is -0.938. The molecule has 5 nitrogen and oxygen atoms in total. The van der Waals surface area contributed by atoms with Crippen LogP contribution in [0.1, 0.15) is 30.6 Å². The van der Waals surface area contributed by atoms with Gasteiger partial charge in [-0.15, -0.1) is 0 Å². The molecule has 23 heavy (non-hydrogen) atoms. The van der Waals surface area contributed by atoms with Gasteiger partial charge in [0.1, 0.15) is 11.6 Å². The van der Waals surface area contributed by atoms with Gasteiger partial charge in [0.2, 0.25) is 0 Å². The average Bonchev–Trinajstić information content (AvgIpc) is 3.00. The number of hydrogen-bond donors (Lipinski definition) is 2. The largest absolute Gasteiger partial charge is 0.304 e. The molecule has 1 aromatic carbocycles. The molecule has 0 aliphatic heterocycles. The number of benzene rings is 1. The molecule has 2 aromatic heterocycles. The third kappa shape index (κ3) is 3.14. The lowest BCUT2D eigenvalue weighted by Gasteiger charge is -2.18. The second-order valence-electron chi connectivity index (χ2n) is 5.25. The summed E-state index contributed by atoms with van der Waals surface area (Å²) >= 11 is 0. The first kappa shape index (κ1) is 15.4. The third-order valence-electron chi connectivity index (χ3n) is 3.71. The number of nitrogens with one attached hydrogen (secondary N) is 2. The van der Waals surface area contributed by atoms with Gasteiger partial charge >= 0.3 is 0 Å². The van der Waals surface area contributed by atoms with E-state index in [1.165, 1.54) is 16.6 Å². The number of nitrogens with zero attached hydrogens (tertiary/aromatic N) is 2. The van der Waals surface area contributed by atoms with Crippen LogP contribution in [0, 0.1) is 11.6 Å². The zero-order chi connectivity index (χ0) is 16.4. The predicted molar refractivity (Wildman–Crippen MR) is 82.0 cm³/mol. The number of H-pyrrole nitrogens is 1. The van der Waals surface area contributed by atoms with Crippen molar-refractivity contribution in [1.82, 2.24) is 19.9 Å². The molecular weight excluding hydrogens is 302 g/mol. The summed E-state index contributed by atoms with van der Waals surface area (Å²) in [5.41, 5.74) is 1.11. The van der Waals surface area contributed by atoms with Gasteiger partial charge in [-0.05, 0) is 24.6 Å². The molecule has 0 saturated heterocycles. The van der Waals surface area contributed by atoms with Gasteiger partial charge in [-0.2, -0.15) is 0 Å². The van der Waals surface area contributed by atoms with Gasteiger partial charge < -0.3 is 5.32 Å². The molecule has 0 bridgehead atoms. The smallest absolute Gasteiger partial charge is 0.272 e. The maximum absolute atomic E-state index is 13.9. The molecule has 1 unspecified atom stereocenters. The Labute approximate surface area is 131 Å². The van der Waals surface area contributed by atoms with Crippen LogP contribution in [0.3, 0.4) is 0 Å². The molecule has 0 spiro atoms. The molecular formula is C16H16F2N4O. The Morgan fingerprint density at radius 3 is 2.91 bits per heavy atom. The summed E-state index contributed by atoms with van der Waals surface area (Å²) in [6.45, 7) is 2.16. The van der Waals surface area contributed by atoms with Crippen LogP contribution < -0.4 is 10.9 Å². The van der Waals surface area contributed by atoms with Crippen LogP contribution in [-0.4, -0.2) is 14.6 Å². The van der Waals surface area contributed by atoms with Gasteiger partial charge in [0.05, 0.1) is 5.69 Å². The van der Waals surface area contributed by atoms with Gasteiger partial charge in [-0.25, -0.2) is 18.3 Å². The van der Waals surface area contributed by atoms with E-state index in [1.807, 2.05) is 6.92 Å². The van der Waals surface area contributed by atoms with Crippen LogP contribution in [0.15, 0.2) is 41.3 Å². The number of halogens is 2. The van der Waals surface area contributed by atoms with E-state index in [2.05, 4.69) is 15.4 Å². The van der Waals surface area contributed by atoms with E-state index in [4.69, 9.17) is 0 Å². The Morgan fingerprint density at radius 2 is 2.13 bits per heavy atom. The van der Waals surface area contributed by atoms with Gasteiger partial charge in [0.15, 0.2) is 5.65 Å². The molecule has 0 amide bonds. The van der Waals surface area contributed by atoms with Crippen molar-refractivity contribution in [2.24, 2.45) is 0 Å². The fourth-order valence-electron chi connectivity index (χ4n) is 2.55. The van der Waals surface area contributed by atoms with Crippen molar-refractivity contribution in [3.63, 3.8) is 0 Å². The van der Waals surface area contributed by atoms with Crippen molar-refractivity contribution in [2.75, 3.05) is 0 Å². The number of fused-ring (bicyclic) bond motifs is 1. The molecule has 2 N–H and O–H groups in total. The SMILES string of the molecule is CCC(NCc1cc(=O)n2[nH]ccc2n1)c1cc(F)ccc1F. The molecule has 3 rings (SSSR count). The van der Waals surface area contributed by atoms with E-state index in [-0.39, 0.29) is 23.7 Å². The van der Waals surface area contributed by atoms with E-state index in [1.54, 1.807) is 12.3 Å². The highest BCUT2D eigenvalue weighted by atomic mass is 19.1. The number of aromatic amines is 1. The lowest BCUT2D eigenvalue weighted by Crippen LogP contribution is -2.24. The highest BCUT2D eigenvalue weighted by Crippen LogP contribution is 2.21. The highest BCUT2D eigenvalue weighted by molar-refractivity contribution is 5.36. The fraction of sp³-hybridized carbons (Fsp3) is 0.250. The number of hydrogen-bond acceptors (Lipinski definition) is 3. The van der Waals surface area contributed by atoms with Crippen LogP contribution in [0.2, 0.25) is 0 Å². The van der Waals surface area contributed by atoms with E-state index < -0.39 is 11.6 Å². The van der Waals surface area contributed by atoms with Crippen LogP contribution >= 0.6 is 0 Å². The highest BCUT2D eigenvalue weighted by Gasteiger charge is 2.15. The molecule has 0 aliphatic rings. The second-order valence-corrected chi connectivity index (χ2v) is 5.25. The zero-order valence-electron chi connectivity index (χ0n) is 12.5. The Morgan fingerprint density at radius 1 is 1.30 bits per heavy atom. The standard InChI is InChI=1S/C16H16F2N4O/c1-2-14(12-7-10(17)3-4-13(12)18)19-9-11-8-16(23)22-15(21-11)5-6-20-22/h3-8,14,19-20H,2,9H2,1H3. The molecule has 2 heterocycles. The Kier molecular flexibility index (Phi) is 4.20. The van der Waals surface area contributed by atoms with Gasteiger partial charge in [0.25, 0.3) is 5.56 Å². The summed E-state index contributed by atoms with van der Waals surface area (Å²) < 4.78 is 28.6. The second kappa shape index (κ2) is 6.29. The summed E-state index contributed by atoms with van der Waals surface area (Å²) in [6.07, 6.45) is 2.20. The quantitative estimate of drug-likeness (QED) is 0.760. The lowest BCUT2D eigenvalue weighted by molar-refractivity contribution is 0.479. The van der Waals surface area contributed by atoms with Crippen molar-refractivity contribution >= 4 is 5.65 Å². The van der Waals surface area contributed by atoms with E-state index >= 15 is 0 Å². The zero-order valence-corrected chi connectivity index (χ0v) is 12.5. The predicted octanol–water partition coefficient (Wildman–Crippen LogP) is 2.54. The topological polar surface area (TPSA) is 62.2 Å². The van der Waals surface area contributed by atoms with Crippen LogP contribution in [-0.2, 0) is 6.54 Å². The van der Waals surface area contributed by atoms with Gasteiger partial charge in [-0.3, -0.25) is 9.89 Å². The summed E-state index contributed by atoms with van der Waals surface area (Å²) in [6, 6.07) is 6.13.